The fourth-order valence-electron chi connectivity index (χ4n) is 3.12. The van der Waals surface area contributed by atoms with Gasteiger partial charge in [-0.25, -0.2) is 4.39 Å². The molecule has 0 aromatic heterocycles. The molecule has 5 heteroatoms. The summed E-state index contributed by atoms with van der Waals surface area (Å²) >= 11 is 0. The maximum Gasteiger partial charge on any atom is 0.426 e. The van der Waals surface area contributed by atoms with Crippen LogP contribution in [0.2, 0.25) is 0 Å². The minimum absolute atomic E-state index is 0.0448. The molecule has 0 aliphatic heterocycles. The second-order valence-electron chi connectivity index (χ2n) is 7.10. The summed E-state index contributed by atoms with van der Waals surface area (Å²) in [5, 5.41) is 1.11. The van der Waals surface area contributed by atoms with Crippen molar-refractivity contribution in [1.82, 2.24) is 0 Å². The molecule has 0 N–H and O–H groups in total. The number of ether oxygens (including phenoxy) is 2. The Hall–Kier alpha value is -3.21. The van der Waals surface area contributed by atoms with Crippen molar-refractivity contribution in [3.8, 4) is 11.5 Å². The summed E-state index contributed by atoms with van der Waals surface area (Å²) in [7, 11) is 0. The molecule has 162 valence electrons. The first-order valence-corrected chi connectivity index (χ1v) is 10.2. The fourth-order valence-corrected chi connectivity index (χ4v) is 3.12. The van der Waals surface area contributed by atoms with E-state index in [2.05, 4.69) is 0 Å². The second-order valence-corrected chi connectivity index (χ2v) is 7.10. The average molecular weight is 426 g/mol. The van der Waals surface area contributed by atoms with Gasteiger partial charge in [-0.1, -0.05) is 42.5 Å². The van der Waals surface area contributed by atoms with Crippen LogP contribution in [0.1, 0.15) is 31.4 Å². The molecule has 0 heterocycles. The number of allylic oxidation sites excluding steroid dienone is 3. The molecule has 0 spiro atoms. The first-order valence-electron chi connectivity index (χ1n) is 10.2. The number of rotatable bonds is 9. The molecule has 0 saturated carbocycles. The highest BCUT2D eigenvalue weighted by molar-refractivity contribution is 5.85. The molecule has 2 nitrogen and oxygen atoms in total. The van der Waals surface area contributed by atoms with Crippen molar-refractivity contribution in [1.29, 1.82) is 0 Å². The minimum atomic E-state index is -3.51. The Morgan fingerprint density at radius 3 is 2.32 bits per heavy atom. The van der Waals surface area contributed by atoms with Crippen LogP contribution in [0.15, 0.2) is 78.9 Å². The lowest BCUT2D eigenvalue weighted by Gasteiger charge is -2.19. The highest BCUT2D eigenvalue weighted by Gasteiger charge is 2.34. The van der Waals surface area contributed by atoms with E-state index >= 15 is 0 Å². The molecule has 3 aromatic rings. The van der Waals surface area contributed by atoms with Gasteiger partial charge in [-0.3, -0.25) is 0 Å². The standard InChI is InChI=1S/C26H25F3O2/c1-3-5-7-8-19-9-12-22(13-10-19)26(28,29)31-23-14-11-20-18-25(30-15-6-4-2)24(27)17-21(20)16-23/h3-6,9-14,16-18H,7-8,15H2,1-2H3/b5-3+,6-4+. The van der Waals surface area contributed by atoms with Crippen LogP contribution in [0.4, 0.5) is 13.2 Å². The molecule has 0 fully saturated rings. The second kappa shape index (κ2) is 10.2. The molecule has 0 unspecified atom stereocenters. The van der Waals surface area contributed by atoms with Crippen LogP contribution in [0.3, 0.4) is 0 Å². The lowest BCUT2D eigenvalue weighted by Crippen LogP contribution is -2.21. The largest absolute Gasteiger partial charge is 0.486 e. The molecule has 0 aliphatic rings. The van der Waals surface area contributed by atoms with Crippen molar-refractivity contribution < 1.29 is 22.6 Å². The van der Waals surface area contributed by atoms with E-state index in [0.717, 1.165) is 18.4 Å². The van der Waals surface area contributed by atoms with Gasteiger partial charge in [0.2, 0.25) is 0 Å². The molecule has 3 aromatic carbocycles. The molecular weight excluding hydrogens is 401 g/mol. The highest BCUT2D eigenvalue weighted by Crippen LogP contribution is 2.34. The Labute approximate surface area is 180 Å². The van der Waals surface area contributed by atoms with Crippen molar-refractivity contribution in [3.63, 3.8) is 0 Å². The van der Waals surface area contributed by atoms with Gasteiger partial charge >= 0.3 is 6.11 Å². The molecular formula is C26H25F3O2. The predicted octanol–water partition coefficient (Wildman–Crippen LogP) is 7.57. The van der Waals surface area contributed by atoms with Crippen LogP contribution >= 0.6 is 0 Å². The predicted molar refractivity (Wildman–Crippen MR) is 118 cm³/mol. The lowest BCUT2D eigenvalue weighted by molar-refractivity contribution is -0.185. The van der Waals surface area contributed by atoms with E-state index in [1.807, 2.05) is 26.0 Å². The van der Waals surface area contributed by atoms with Gasteiger partial charge in [-0.05, 0) is 79.4 Å². The zero-order valence-electron chi connectivity index (χ0n) is 17.6. The SMILES string of the molecule is C/C=C/CCc1ccc(C(F)(F)Oc2ccc3cc(OC/C=C/C)c(F)cc3c2)cc1. The number of hydrogen-bond donors (Lipinski definition) is 0. The van der Waals surface area contributed by atoms with Gasteiger partial charge in [0.05, 0.1) is 5.56 Å². The van der Waals surface area contributed by atoms with Crippen LogP contribution in [0.25, 0.3) is 10.8 Å². The Balaban J connectivity index is 1.76. The number of alkyl halides is 2. The number of fused-ring (bicyclic) bond motifs is 1. The van der Waals surface area contributed by atoms with Crippen LogP contribution in [0.5, 0.6) is 11.5 Å². The topological polar surface area (TPSA) is 18.5 Å². The molecule has 0 radical (unpaired) electrons. The van der Waals surface area contributed by atoms with Crippen molar-refractivity contribution in [3.05, 3.63) is 95.8 Å². The average Bonchev–Trinajstić information content (AvgIpc) is 2.75. The quantitative estimate of drug-likeness (QED) is 0.329. The highest BCUT2D eigenvalue weighted by atomic mass is 19.3. The lowest BCUT2D eigenvalue weighted by atomic mass is 10.1. The molecule has 0 amide bonds. The monoisotopic (exact) mass is 426 g/mol. The van der Waals surface area contributed by atoms with Gasteiger partial charge < -0.3 is 9.47 Å². The molecule has 0 aliphatic carbocycles. The first kappa shape index (κ1) is 22.5. The fraction of sp³-hybridized carbons (Fsp3) is 0.231. The van der Waals surface area contributed by atoms with Crippen molar-refractivity contribution in [2.24, 2.45) is 0 Å². The summed E-state index contributed by atoms with van der Waals surface area (Å²) in [5.41, 5.74) is 0.743. The molecule has 3 rings (SSSR count). The number of hydrogen-bond acceptors (Lipinski definition) is 2. The van der Waals surface area contributed by atoms with Gasteiger partial charge in [0.25, 0.3) is 0 Å². The summed E-state index contributed by atoms with van der Waals surface area (Å²) in [4.78, 5) is 0. The minimum Gasteiger partial charge on any atom is -0.486 e. The number of aryl methyl sites for hydroxylation is 1. The summed E-state index contributed by atoms with van der Waals surface area (Å²) in [6.07, 6.45) is 5.70. The van der Waals surface area contributed by atoms with E-state index < -0.39 is 11.9 Å². The van der Waals surface area contributed by atoms with E-state index in [0.29, 0.717) is 10.8 Å². The molecule has 0 atom stereocenters. The Kier molecular flexibility index (Phi) is 7.40. The van der Waals surface area contributed by atoms with Gasteiger partial charge in [-0.15, -0.1) is 0 Å². The summed E-state index contributed by atoms with van der Waals surface area (Å²) in [6.45, 7) is 4.04. The summed E-state index contributed by atoms with van der Waals surface area (Å²) in [5.74, 6) is -0.495. The number of benzene rings is 3. The van der Waals surface area contributed by atoms with Gasteiger partial charge in [0.1, 0.15) is 12.4 Å². The smallest absolute Gasteiger partial charge is 0.426 e. The van der Waals surface area contributed by atoms with Crippen LogP contribution in [-0.4, -0.2) is 6.61 Å². The third-order valence-corrected chi connectivity index (χ3v) is 4.80. The van der Waals surface area contributed by atoms with Crippen LogP contribution in [-0.2, 0) is 12.5 Å². The van der Waals surface area contributed by atoms with Gasteiger partial charge in [0.15, 0.2) is 11.6 Å². The molecule has 31 heavy (non-hydrogen) atoms. The maximum absolute atomic E-state index is 14.7. The number of halogens is 3. The maximum atomic E-state index is 14.7. The van der Waals surface area contributed by atoms with E-state index in [1.165, 1.54) is 30.3 Å². The Morgan fingerprint density at radius 1 is 0.871 bits per heavy atom. The summed E-state index contributed by atoms with van der Waals surface area (Å²) in [6, 6.07) is 13.4. The van der Waals surface area contributed by atoms with E-state index in [-0.39, 0.29) is 23.7 Å². The zero-order valence-corrected chi connectivity index (χ0v) is 17.6. The zero-order chi connectivity index (χ0) is 22.3. The first-order chi connectivity index (χ1) is 14.9. The van der Waals surface area contributed by atoms with E-state index in [4.69, 9.17) is 9.47 Å². The van der Waals surface area contributed by atoms with Crippen LogP contribution < -0.4 is 9.47 Å². The van der Waals surface area contributed by atoms with Gasteiger partial charge in [-0.2, -0.15) is 8.78 Å². The molecule has 0 saturated heterocycles. The van der Waals surface area contributed by atoms with Crippen molar-refractivity contribution in [2.45, 2.75) is 32.8 Å². The summed E-state index contributed by atoms with van der Waals surface area (Å²) < 4.78 is 54.0. The third kappa shape index (κ3) is 5.91. The Bertz CT molecular complexity index is 1070. The third-order valence-electron chi connectivity index (χ3n) is 4.80. The Morgan fingerprint density at radius 2 is 1.61 bits per heavy atom. The van der Waals surface area contributed by atoms with E-state index in [1.54, 1.807) is 36.4 Å². The van der Waals surface area contributed by atoms with Crippen molar-refractivity contribution >= 4 is 10.8 Å². The van der Waals surface area contributed by atoms with Crippen molar-refractivity contribution in [2.75, 3.05) is 6.61 Å². The molecule has 0 bridgehead atoms. The van der Waals surface area contributed by atoms with Crippen LogP contribution in [0, 0.1) is 5.82 Å². The normalized spacial score (nSPS) is 12.2. The van der Waals surface area contributed by atoms with Gasteiger partial charge in [0, 0.05) is 0 Å². The van der Waals surface area contributed by atoms with E-state index in [9.17, 15) is 13.2 Å².